The molecule has 0 aliphatic carbocycles. The highest BCUT2D eigenvalue weighted by Crippen LogP contribution is 2.28. The Morgan fingerprint density at radius 3 is 2.82 bits per heavy atom. The zero-order valence-electron chi connectivity index (χ0n) is 12.9. The van der Waals surface area contributed by atoms with Gasteiger partial charge in [-0.2, -0.15) is 0 Å². The van der Waals surface area contributed by atoms with Gasteiger partial charge in [0.25, 0.3) is 5.56 Å². The first-order chi connectivity index (χ1) is 10.7. The standard InChI is InChI=1S/C18H21ClN2O/c1-13-16(9-10-19)18(22)21-11-5-8-15(17(21)20-13)12-14-6-3-2-4-7-14/h2-4,6-7,15H,5,8-12H2,1H3. The highest BCUT2D eigenvalue weighted by Gasteiger charge is 2.25. The van der Waals surface area contributed by atoms with E-state index in [2.05, 4.69) is 24.3 Å². The van der Waals surface area contributed by atoms with E-state index in [0.717, 1.165) is 42.9 Å². The molecular weight excluding hydrogens is 296 g/mol. The molecule has 0 radical (unpaired) electrons. The van der Waals surface area contributed by atoms with Crippen LogP contribution in [-0.2, 0) is 19.4 Å². The van der Waals surface area contributed by atoms with Gasteiger partial charge in [-0.25, -0.2) is 4.98 Å². The largest absolute Gasteiger partial charge is 0.296 e. The van der Waals surface area contributed by atoms with Gasteiger partial charge in [0.15, 0.2) is 0 Å². The lowest BCUT2D eigenvalue weighted by molar-refractivity contribution is 0.418. The monoisotopic (exact) mass is 316 g/mol. The van der Waals surface area contributed by atoms with Gasteiger partial charge in [-0.1, -0.05) is 30.3 Å². The average molecular weight is 317 g/mol. The van der Waals surface area contributed by atoms with Gasteiger partial charge >= 0.3 is 0 Å². The second-order valence-corrected chi connectivity index (χ2v) is 6.34. The molecule has 4 heteroatoms. The molecule has 0 saturated heterocycles. The van der Waals surface area contributed by atoms with Crippen LogP contribution >= 0.6 is 11.6 Å². The maximum absolute atomic E-state index is 12.7. The zero-order chi connectivity index (χ0) is 15.5. The van der Waals surface area contributed by atoms with Crippen molar-refractivity contribution in [2.24, 2.45) is 0 Å². The van der Waals surface area contributed by atoms with Crippen molar-refractivity contribution in [3.05, 3.63) is 63.3 Å². The number of aryl methyl sites for hydroxylation is 1. The fraction of sp³-hybridized carbons (Fsp3) is 0.444. The first-order valence-corrected chi connectivity index (χ1v) is 8.44. The highest BCUT2D eigenvalue weighted by molar-refractivity contribution is 6.17. The van der Waals surface area contributed by atoms with E-state index in [9.17, 15) is 4.79 Å². The molecule has 0 fully saturated rings. The van der Waals surface area contributed by atoms with Crippen LogP contribution in [0.5, 0.6) is 0 Å². The summed E-state index contributed by atoms with van der Waals surface area (Å²) in [4.78, 5) is 17.5. The van der Waals surface area contributed by atoms with Crippen molar-refractivity contribution in [1.82, 2.24) is 9.55 Å². The fourth-order valence-electron chi connectivity index (χ4n) is 3.35. The average Bonchev–Trinajstić information content (AvgIpc) is 2.53. The summed E-state index contributed by atoms with van der Waals surface area (Å²) in [6.07, 6.45) is 3.68. The minimum Gasteiger partial charge on any atom is -0.296 e. The van der Waals surface area contributed by atoms with Gasteiger partial charge in [-0.3, -0.25) is 9.36 Å². The Hall–Kier alpha value is -1.61. The number of nitrogens with zero attached hydrogens (tertiary/aromatic N) is 2. The van der Waals surface area contributed by atoms with Gasteiger partial charge in [0.2, 0.25) is 0 Å². The summed E-state index contributed by atoms with van der Waals surface area (Å²) in [7, 11) is 0. The van der Waals surface area contributed by atoms with Gasteiger partial charge in [-0.15, -0.1) is 11.6 Å². The van der Waals surface area contributed by atoms with Crippen LogP contribution < -0.4 is 5.56 Å². The molecule has 0 amide bonds. The lowest BCUT2D eigenvalue weighted by Crippen LogP contribution is -2.34. The fourth-order valence-corrected chi connectivity index (χ4v) is 3.54. The molecule has 1 unspecified atom stereocenters. The molecule has 0 bridgehead atoms. The second-order valence-electron chi connectivity index (χ2n) is 5.96. The van der Waals surface area contributed by atoms with E-state index >= 15 is 0 Å². The van der Waals surface area contributed by atoms with E-state index in [1.165, 1.54) is 5.56 Å². The molecular formula is C18H21ClN2O. The van der Waals surface area contributed by atoms with E-state index in [0.29, 0.717) is 18.2 Å². The predicted octanol–water partition coefficient (Wildman–Crippen LogP) is 3.45. The first-order valence-electron chi connectivity index (χ1n) is 7.91. The maximum Gasteiger partial charge on any atom is 0.256 e. The summed E-state index contributed by atoms with van der Waals surface area (Å²) in [5.74, 6) is 1.74. The van der Waals surface area contributed by atoms with E-state index in [1.807, 2.05) is 17.6 Å². The Morgan fingerprint density at radius 2 is 2.09 bits per heavy atom. The summed E-state index contributed by atoms with van der Waals surface area (Å²) in [6, 6.07) is 10.4. The Labute approximate surface area is 136 Å². The lowest BCUT2D eigenvalue weighted by atomic mass is 9.91. The van der Waals surface area contributed by atoms with Gasteiger partial charge < -0.3 is 0 Å². The second kappa shape index (κ2) is 6.66. The minimum atomic E-state index is 0.112. The molecule has 1 atom stereocenters. The number of hydrogen-bond acceptors (Lipinski definition) is 2. The number of halogens is 1. The summed E-state index contributed by atoms with van der Waals surface area (Å²) in [6.45, 7) is 2.71. The maximum atomic E-state index is 12.7. The number of fused-ring (bicyclic) bond motifs is 1. The van der Waals surface area contributed by atoms with E-state index in [-0.39, 0.29) is 5.56 Å². The van der Waals surface area contributed by atoms with Crippen molar-refractivity contribution in [1.29, 1.82) is 0 Å². The number of benzene rings is 1. The van der Waals surface area contributed by atoms with Crippen molar-refractivity contribution in [3.8, 4) is 0 Å². The quantitative estimate of drug-likeness (QED) is 0.810. The Balaban J connectivity index is 1.98. The van der Waals surface area contributed by atoms with E-state index < -0.39 is 0 Å². The SMILES string of the molecule is Cc1nc2n(c(=O)c1CCCl)CCCC2Cc1ccccc1. The molecule has 22 heavy (non-hydrogen) atoms. The van der Waals surface area contributed by atoms with Crippen LogP contribution in [0.1, 0.15) is 41.4 Å². The van der Waals surface area contributed by atoms with Crippen LogP contribution in [-0.4, -0.2) is 15.4 Å². The van der Waals surface area contributed by atoms with Crippen molar-refractivity contribution >= 4 is 11.6 Å². The van der Waals surface area contributed by atoms with Crippen LogP contribution in [0.3, 0.4) is 0 Å². The van der Waals surface area contributed by atoms with Gasteiger partial charge in [0, 0.05) is 29.6 Å². The van der Waals surface area contributed by atoms with Gasteiger partial charge in [0.05, 0.1) is 0 Å². The van der Waals surface area contributed by atoms with E-state index in [4.69, 9.17) is 16.6 Å². The van der Waals surface area contributed by atoms with Gasteiger partial charge in [0.1, 0.15) is 5.82 Å². The Bertz CT molecular complexity index is 709. The number of hydrogen-bond donors (Lipinski definition) is 0. The molecule has 2 aromatic rings. The van der Waals surface area contributed by atoms with Crippen molar-refractivity contribution in [2.75, 3.05) is 5.88 Å². The van der Waals surface area contributed by atoms with Crippen LogP contribution in [0.4, 0.5) is 0 Å². The normalized spacial score (nSPS) is 17.3. The summed E-state index contributed by atoms with van der Waals surface area (Å²) < 4.78 is 1.88. The molecule has 1 aromatic carbocycles. The Morgan fingerprint density at radius 1 is 1.32 bits per heavy atom. The predicted molar refractivity (Wildman–Crippen MR) is 89.8 cm³/mol. The molecule has 3 rings (SSSR count). The van der Waals surface area contributed by atoms with Gasteiger partial charge in [-0.05, 0) is 38.2 Å². The molecule has 0 N–H and O–H groups in total. The number of rotatable bonds is 4. The van der Waals surface area contributed by atoms with Crippen molar-refractivity contribution < 1.29 is 0 Å². The smallest absolute Gasteiger partial charge is 0.256 e. The van der Waals surface area contributed by atoms with Crippen LogP contribution in [0.2, 0.25) is 0 Å². The molecule has 1 aliphatic heterocycles. The highest BCUT2D eigenvalue weighted by atomic mass is 35.5. The van der Waals surface area contributed by atoms with Crippen molar-refractivity contribution in [2.45, 2.75) is 45.1 Å². The molecule has 0 spiro atoms. The third-order valence-electron chi connectivity index (χ3n) is 4.47. The third-order valence-corrected chi connectivity index (χ3v) is 4.66. The van der Waals surface area contributed by atoms with Crippen LogP contribution in [0, 0.1) is 6.92 Å². The topological polar surface area (TPSA) is 34.9 Å². The summed E-state index contributed by atoms with van der Waals surface area (Å²) in [5.41, 5.74) is 3.04. The lowest BCUT2D eigenvalue weighted by Gasteiger charge is -2.27. The third kappa shape index (κ3) is 2.95. The molecule has 116 valence electrons. The van der Waals surface area contributed by atoms with Crippen LogP contribution in [0.25, 0.3) is 0 Å². The van der Waals surface area contributed by atoms with E-state index in [1.54, 1.807) is 0 Å². The number of alkyl halides is 1. The molecule has 1 aromatic heterocycles. The zero-order valence-corrected chi connectivity index (χ0v) is 13.6. The molecule has 1 aliphatic rings. The summed E-state index contributed by atoms with van der Waals surface area (Å²) >= 11 is 5.82. The molecule has 2 heterocycles. The van der Waals surface area contributed by atoms with Crippen LogP contribution in [0.15, 0.2) is 35.1 Å². The Kier molecular flexibility index (Phi) is 4.63. The minimum absolute atomic E-state index is 0.112. The van der Waals surface area contributed by atoms with Crippen molar-refractivity contribution in [3.63, 3.8) is 0 Å². The number of aromatic nitrogens is 2. The molecule has 0 saturated carbocycles. The molecule has 3 nitrogen and oxygen atoms in total. The summed E-state index contributed by atoms with van der Waals surface area (Å²) in [5, 5.41) is 0. The first kappa shape index (κ1) is 15.3.